The summed E-state index contributed by atoms with van der Waals surface area (Å²) in [5, 5.41) is 0.387. The van der Waals surface area contributed by atoms with Gasteiger partial charge in [-0.1, -0.05) is 17.7 Å². The fourth-order valence-corrected chi connectivity index (χ4v) is 2.40. The van der Waals surface area contributed by atoms with Crippen molar-refractivity contribution in [2.75, 3.05) is 19.0 Å². The summed E-state index contributed by atoms with van der Waals surface area (Å²) < 4.78 is 13.8. The molecule has 0 unspecified atom stereocenters. The number of halogens is 2. The van der Waals surface area contributed by atoms with E-state index in [1.54, 1.807) is 12.1 Å². The molecule has 0 saturated carbocycles. The average molecular weight is 302 g/mol. The molecule has 5 heteroatoms. The van der Waals surface area contributed by atoms with Crippen molar-refractivity contribution >= 4 is 28.2 Å². The molecule has 0 atom stereocenters. The molecule has 0 N–H and O–H groups in total. The third-order valence-electron chi connectivity index (χ3n) is 3.27. The second-order valence-electron chi connectivity index (χ2n) is 4.91. The van der Waals surface area contributed by atoms with Gasteiger partial charge in [-0.15, -0.1) is 0 Å². The molecule has 0 bridgehead atoms. The third-order valence-corrected chi connectivity index (χ3v) is 3.54. The normalized spacial score (nSPS) is 10.9. The van der Waals surface area contributed by atoms with Crippen molar-refractivity contribution in [3.8, 4) is 11.4 Å². The highest BCUT2D eigenvalue weighted by Crippen LogP contribution is 2.27. The summed E-state index contributed by atoms with van der Waals surface area (Å²) in [7, 11) is 3.95. The quantitative estimate of drug-likeness (QED) is 0.666. The summed E-state index contributed by atoms with van der Waals surface area (Å²) in [6.45, 7) is 0. The lowest BCUT2D eigenvalue weighted by molar-refractivity contribution is 0.639. The third kappa shape index (κ3) is 2.54. The van der Waals surface area contributed by atoms with Crippen LogP contribution in [-0.4, -0.2) is 24.1 Å². The SMILES string of the molecule is CN(C)c1ccc(-c2nc(Cl)c3c(F)cccc3n2)cc1. The minimum Gasteiger partial charge on any atom is -0.378 e. The summed E-state index contributed by atoms with van der Waals surface area (Å²) in [4.78, 5) is 10.6. The highest BCUT2D eigenvalue weighted by atomic mass is 35.5. The Morgan fingerprint density at radius 3 is 2.38 bits per heavy atom. The van der Waals surface area contributed by atoms with E-state index in [9.17, 15) is 4.39 Å². The van der Waals surface area contributed by atoms with Gasteiger partial charge in [-0.2, -0.15) is 0 Å². The van der Waals surface area contributed by atoms with Crippen LogP contribution in [-0.2, 0) is 0 Å². The molecule has 2 aromatic carbocycles. The minimum atomic E-state index is -0.410. The standard InChI is InChI=1S/C16H13ClFN3/c1-21(2)11-8-6-10(7-9-11)16-19-13-5-3-4-12(18)14(13)15(17)20-16/h3-9H,1-2H3. The van der Waals surface area contributed by atoms with E-state index in [4.69, 9.17) is 11.6 Å². The first-order valence-electron chi connectivity index (χ1n) is 6.46. The monoisotopic (exact) mass is 301 g/mol. The number of hydrogen-bond donors (Lipinski definition) is 0. The Morgan fingerprint density at radius 2 is 1.71 bits per heavy atom. The number of fused-ring (bicyclic) bond motifs is 1. The van der Waals surface area contributed by atoms with Crippen molar-refractivity contribution in [3.05, 3.63) is 53.4 Å². The summed E-state index contributed by atoms with van der Waals surface area (Å²) >= 11 is 6.10. The van der Waals surface area contributed by atoms with Gasteiger partial charge < -0.3 is 4.90 Å². The number of rotatable bonds is 2. The van der Waals surface area contributed by atoms with Crippen LogP contribution in [0.2, 0.25) is 5.15 Å². The molecule has 106 valence electrons. The topological polar surface area (TPSA) is 29.0 Å². The first-order valence-corrected chi connectivity index (χ1v) is 6.83. The van der Waals surface area contributed by atoms with Gasteiger partial charge in [0, 0.05) is 25.3 Å². The first-order chi connectivity index (χ1) is 10.1. The van der Waals surface area contributed by atoms with Gasteiger partial charge in [-0.3, -0.25) is 0 Å². The Kier molecular flexibility index (Phi) is 3.47. The maximum Gasteiger partial charge on any atom is 0.161 e. The van der Waals surface area contributed by atoms with Gasteiger partial charge in [0.1, 0.15) is 11.0 Å². The Hall–Kier alpha value is -2.20. The summed E-state index contributed by atoms with van der Waals surface area (Å²) in [6, 6.07) is 12.5. The molecule has 0 saturated heterocycles. The van der Waals surface area contributed by atoms with E-state index < -0.39 is 5.82 Å². The van der Waals surface area contributed by atoms with E-state index in [-0.39, 0.29) is 10.5 Å². The molecular formula is C16H13ClFN3. The predicted octanol–water partition coefficient (Wildman–Crippen LogP) is 4.16. The van der Waals surface area contributed by atoms with Crippen LogP contribution in [0.15, 0.2) is 42.5 Å². The van der Waals surface area contributed by atoms with E-state index in [1.165, 1.54) is 6.07 Å². The molecule has 0 aliphatic rings. The van der Waals surface area contributed by atoms with E-state index in [2.05, 4.69) is 9.97 Å². The maximum absolute atomic E-state index is 13.8. The largest absolute Gasteiger partial charge is 0.378 e. The van der Waals surface area contributed by atoms with Gasteiger partial charge in [0.2, 0.25) is 0 Å². The summed E-state index contributed by atoms with van der Waals surface area (Å²) in [6.07, 6.45) is 0. The van der Waals surface area contributed by atoms with Crippen LogP contribution in [0.4, 0.5) is 10.1 Å². The van der Waals surface area contributed by atoms with Crippen LogP contribution < -0.4 is 4.90 Å². The highest BCUT2D eigenvalue weighted by Gasteiger charge is 2.11. The molecule has 0 aliphatic carbocycles. The zero-order chi connectivity index (χ0) is 15.0. The molecule has 0 amide bonds. The van der Waals surface area contributed by atoms with Crippen LogP contribution in [0.1, 0.15) is 0 Å². The zero-order valence-electron chi connectivity index (χ0n) is 11.6. The molecule has 0 radical (unpaired) electrons. The van der Waals surface area contributed by atoms with Crippen molar-refractivity contribution in [1.82, 2.24) is 9.97 Å². The molecule has 3 rings (SSSR count). The van der Waals surface area contributed by atoms with E-state index in [1.807, 2.05) is 43.3 Å². The fourth-order valence-electron chi connectivity index (χ4n) is 2.14. The Labute approximate surface area is 127 Å². The second-order valence-corrected chi connectivity index (χ2v) is 5.27. The van der Waals surface area contributed by atoms with E-state index >= 15 is 0 Å². The summed E-state index contributed by atoms with van der Waals surface area (Å²) in [5.41, 5.74) is 2.42. The lowest BCUT2D eigenvalue weighted by atomic mass is 10.1. The number of aromatic nitrogens is 2. The van der Waals surface area contributed by atoms with Crippen LogP contribution in [0.5, 0.6) is 0 Å². The van der Waals surface area contributed by atoms with Crippen molar-refractivity contribution in [2.24, 2.45) is 0 Å². The Morgan fingerprint density at radius 1 is 1.00 bits per heavy atom. The smallest absolute Gasteiger partial charge is 0.161 e. The van der Waals surface area contributed by atoms with Gasteiger partial charge in [0.25, 0.3) is 0 Å². The van der Waals surface area contributed by atoms with Crippen molar-refractivity contribution in [1.29, 1.82) is 0 Å². The number of benzene rings is 2. The minimum absolute atomic E-state index is 0.129. The maximum atomic E-state index is 13.8. The molecule has 0 aliphatic heterocycles. The molecular weight excluding hydrogens is 289 g/mol. The van der Waals surface area contributed by atoms with Gasteiger partial charge >= 0.3 is 0 Å². The molecule has 0 fully saturated rings. The van der Waals surface area contributed by atoms with Crippen molar-refractivity contribution < 1.29 is 4.39 Å². The van der Waals surface area contributed by atoms with Crippen LogP contribution in [0.3, 0.4) is 0 Å². The predicted molar refractivity (Wildman–Crippen MR) is 84.3 cm³/mol. The Bertz CT molecular complexity index is 800. The number of hydrogen-bond acceptors (Lipinski definition) is 3. The van der Waals surface area contributed by atoms with Crippen LogP contribution in [0, 0.1) is 5.82 Å². The zero-order valence-corrected chi connectivity index (χ0v) is 12.4. The lowest BCUT2D eigenvalue weighted by Crippen LogP contribution is -2.08. The summed E-state index contributed by atoms with van der Waals surface area (Å²) in [5.74, 6) is 0.0791. The fraction of sp³-hybridized carbons (Fsp3) is 0.125. The second kappa shape index (κ2) is 5.30. The molecule has 0 spiro atoms. The molecule has 3 aromatic rings. The van der Waals surface area contributed by atoms with Gasteiger partial charge in [-0.25, -0.2) is 14.4 Å². The average Bonchev–Trinajstić information content (AvgIpc) is 2.47. The highest BCUT2D eigenvalue weighted by molar-refractivity contribution is 6.34. The molecule has 3 nitrogen and oxygen atoms in total. The lowest BCUT2D eigenvalue weighted by Gasteiger charge is -2.12. The Balaban J connectivity index is 2.13. The van der Waals surface area contributed by atoms with Gasteiger partial charge in [0.05, 0.1) is 10.9 Å². The molecule has 1 aromatic heterocycles. The molecule has 1 heterocycles. The van der Waals surface area contributed by atoms with E-state index in [0.29, 0.717) is 11.3 Å². The van der Waals surface area contributed by atoms with Crippen molar-refractivity contribution in [3.63, 3.8) is 0 Å². The van der Waals surface area contributed by atoms with E-state index in [0.717, 1.165) is 11.3 Å². The van der Waals surface area contributed by atoms with Crippen molar-refractivity contribution in [2.45, 2.75) is 0 Å². The van der Waals surface area contributed by atoms with Crippen LogP contribution in [0.25, 0.3) is 22.3 Å². The number of anilines is 1. The van der Waals surface area contributed by atoms with Gasteiger partial charge in [-0.05, 0) is 36.4 Å². The van der Waals surface area contributed by atoms with Gasteiger partial charge in [0.15, 0.2) is 5.82 Å². The first kappa shape index (κ1) is 13.8. The van der Waals surface area contributed by atoms with Crippen LogP contribution >= 0.6 is 11.6 Å². The molecule has 21 heavy (non-hydrogen) atoms. The number of nitrogens with zero attached hydrogens (tertiary/aromatic N) is 3.